The van der Waals surface area contributed by atoms with Crippen molar-refractivity contribution in [3.8, 4) is 0 Å². The summed E-state index contributed by atoms with van der Waals surface area (Å²) in [5.41, 5.74) is 0.508. The molecule has 1 N–H and O–H groups in total. The largest absolute Gasteiger partial charge is 0.481 e. The molecule has 3 heteroatoms. The van der Waals surface area contributed by atoms with E-state index in [9.17, 15) is 9.90 Å². The predicted molar refractivity (Wildman–Crippen MR) is 75.7 cm³/mol. The Labute approximate surface area is 117 Å². The van der Waals surface area contributed by atoms with Crippen LogP contribution in [0, 0.1) is 5.41 Å². The highest BCUT2D eigenvalue weighted by molar-refractivity contribution is 9.10. The number of carboxylic acid groups (broad SMARTS) is 1. The Morgan fingerprint density at radius 3 is 2.11 bits per heavy atom. The number of hydrogen-bond acceptors (Lipinski definition) is 1. The first-order chi connectivity index (χ1) is 8.48. The maximum absolute atomic E-state index is 11.7. The SMILES string of the molecule is CCC1(CC)CC(C(=O)O)(c2ccc(Br)cc2)C1. The van der Waals surface area contributed by atoms with E-state index in [1.807, 2.05) is 24.3 Å². The van der Waals surface area contributed by atoms with Crippen LogP contribution in [0.4, 0.5) is 0 Å². The van der Waals surface area contributed by atoms with Crippen LogP contribution in [0.15, 0.2) is 28.7 Å². The van der Waals surface area contributed by atoms with Gasteiger partial charge in [-0.3, -0.25) is 4.79 Å². The van der Waals surface area contributed by atoms with Crippen LogP contribution in [-0.2, 0) is 10.2 Å². The van der Waals surface area contributed by atoms with Gasteiger partial charge in [-0.1, -0.05) is 54.8 Å². The molecule has 0 amide bonds. The predicted octanol–water partition coefficient (Wildman–Crippen LogP) is 4.37. The normalized spacial score (nSPS) is 20.2. The zero-order valence-electron chi connectivity index (χ0n) is 10.9. The van der Waals surface area contributed by atoms with Crippen LogP contribution in [-0.4, -0.2) is 11.1 Å². The quantitative estimate of drug-likeness (QED) is 0.896. The molecule has 1 saturated carbocycles. The molecule has 98 valence electrons. The van der Waals surface area contributed by atoms with E-state index < -0.39 is 11.4 Å². The molecule has 0 aromatic heterocycles. The molecule has 1 fully saturated rings. The van der Waals surface area contributed by atoms with Crippen LogP contribution in [0.3, 0.4) is 0 Å². The minimum Gasteiger partial charge on any atom is -0.481 e. The van der Waals surface area contributed by atoms with Gasteiger partial charge in [-0.25, -0.2) is 0 Å². The molecule has 0 radical (unpaired) electrons. The van der Waals surface area contributed by atoms with Crippen molar-refractivity contribution in [3.05, 3.63) is 34.3 Å². The Kier molecular flexibility index (Phi) is 3.54. The molecule has 1 aliphatic rings. The zero-order chi connectivity index (χ0) is 13.4. The summed E-state index contributed by atoms with van der Waals surface area (Å²) in [7, 11) is 0. The van der Waals surface area contributed by atoms with Gasteiger partial charge in [0, 0.05) is 4.47 Å². The number of rotatable bonds is 4. The summed E-state index contributed by atoms with van der Waals surface area (Å²) in [5.74, 6) is -0.678. The average molecular weight is 311 g/mol. The number of benzene rings is 1. The first-order valence-electron chi connectivity index (χ1n) is 6.47. The highest BCUT2D eigenvalue weighted by Gasteiger charge is 2.58. The van der Waals surface area contributed by atoms with Gasteiger partial charge in [-0.15, -0.1) is 0 Å². The number of carbonyl (C=O) groups is 1. The van der Waals surface area contributed by atoms with Crippen LogP contribution in [0.2, 0.25) is 0 Å². The van der Waals surface area contributed by atoms with Crippen molar-refractivity contribution in [2.45, 2.75) is 44.9 Å². The maximum atomic E-state index is 11.7. The fraction of sp³-hybridized carbons (Fsp3) is 0.533. The summed E-state index contributed by atoms with van der Waals surface area (Å²) in [4.78, 5) is 11.7. The molecule has 0 heterocycles. The van der Waals surface area contributed by atoms with Gasteiger partial charge in [-0.05, 0) is 36.0 Å². The maximum Gasteiger partial charge on any atom is 0.314 e. The van der Waals surface area contributed by atoms with E-state index in [0.717, 1.165) is 35.7 Å². The first-order valence-corrected chi connectivity index (χ1v) is 7.27. The minimum absolute atomic E-state index is 0.228. The molecular formula is C15H19BrO2. The van der Waals surface area contributed by atoms with E-state index >= 15 is 0 Å². The van der Waals surface area contributed by atoms with Crippen molar-refractivity contribution < 1.29 is 9.90 Å². The van der Waals surface area contributed by atoms with Crippen LogP contribution in [0.1, 0.15) is 45.1 Å². The third-order valence-electron chi connectivity index (χ3n) is 4.66. The van der Waals surface area contributed by atoms with E-state index in [2.05, 4.69) is 29.8 Å². The highest BCUT2D eigenvalue weighted by Crippen LogP contribution is 2.59. The lowest BCUT2D eigenvalue weighted by Gasteiger charge is -2.54. The molecule has 0 unspecified atom stereocenters. The highest BCUT2D eigenvalue weighted by atomic mass is 79.9. The molecular weight excluding hydrogens is 292 g/mol. The van der Waals surface area contributed by atoms with Gasteiger partial charge in [0.05, 0.1) is 5.41 Å². The van der Waals surface area contributed by atoms with Crippen LogP contribution < -0.4 is 0 Å². The summed E-state index contributed by atoms with van der Waals surface area (Å²) < 4.78 is 0.989. The molecule has 0 spiro atoms. The van der Waals surface area contributed by atoms with Crippen molar-refractivity contribution in [1.29, 1.82) is 0 Å². The zero-order valence-corrected chi connectivity index (χ0v) is 12.5. The Bertz CT molecular complexity index is 438. The van der Waals surface area contributed by atoms with E-state index in [4.69, 9.17) is 0 Å². The van der Waals surface area contributed by atoms with Crippen molar-refractivity contribution in [2.75, 3.05) is 0 Å². The van der Waals surface area contributed by atoms with Gasteiger partial charge in [0.1, 0.15) is 0 Å². The van der Waals surface area contributed by atoms with E-state index in [-0.39, 0.29) is 5.41 Å². The molecule has 0 bridgehead atoms. The molecule has 2 nitrogen and oxygen atoms in total. The van der Waals surface area contributed by atoms with E-state index in [1.165, 1.54) is 0 Å². The van der Waals surface area contributed by atoms with Gasteiger partial charge in [0.15, 0.2) is 0 Å². The van der Waals surface area contributed by atoms with E-state index in [0.29, 0.717) is 0 Å². The summed E-state index contributed by atoms with van der Waals surface area (Å²) >= 11 is 3.39. The van der Waals surface area contributed by atoms with Gasteiger partial charge < -0.3 is 5.11 Å². The second kappa shape index (κ2) is 4.69. The third-order valence-corrected chi connectivity index (χ3v) is 5.19. The van der Waals surface area contributed by atoms with Gasteiger partial charge in [0.25, 0.3) is 0 Å². The molecule has 0 aliphatic heterocycles. The van der Waals surface area contributed by atoms with Gasteiger partial charge >= 0.3 is 5.97 Å². The van der Waals surface area contributed by atoms with Gasteiger partial charge in [0.2, 0.25) is 0 Å². The Hall–Kier alpha value is -0.830. The first kappa shape index (κ1) is 13.6. The van der Waals surface area contributed by atoms with Crippen molar-refractivity contribution in [2.24, 2.45) is 5.41 Å². The fourth-order valence-corrected chi connectivity index (χ4v) is 3.49. The smallest absolute Gasteiger partial charge is 0.314 e. The lowest BCUT2D eigenvalue weighted by atomic mass is 9.48. The Morgan fingerprint density at radius 1 is 1.22 bits per heavy atom. The summed E-state index contributed by atoms with van der Waals surface area (Å²) in [6.45, 7) is 4.33. The van der Waals surface area contributed by atoms with E-state index in [1.54, 1.807) is 0 Å². The monoisotopic (exact) mass is 310 g/mol. The summed E-state index contributed by atoms with van der Waals surface area (Å²) in [6, 6.07) is 7.73. The van der Waals surface area contributed by atoms with Crippen LogP contribution in [0.25, 0.3) is 0 Å². The fourth-order valence-electron chi connectivity index (χ4n) is 3.23. The molecule has 2 rings (SSSR count). The Morgan fingerprint density at radius 2 is 1.72 bits per heavy atom. The van der Waals surface area contributed by atoms with Gasteiger partial charge in [-0.2, -0.15) is 0 Å². The lowest BCUT2D eigenvalue weighted by Crippen LogP contribution is -2.54. The van der Waals surface area contributed by atoms with Crippen LogP contribution >= 0.6 is 15.9 Å². The molecule has 0 atom stereocenters. The second-order valence-electron chi connectivity index (χ2n) is 5.45. The number of carboxylic acids is 1. The molecule has 1 aromatic rings. The number of aliphatic carboxylic acids is 1. The standard InChI is InChI=1S/C15H19BrO2/c1-3-14(4-2)9-15(10-14,13(17)18)11-5-7-12(16)8-6-11/h5-8H,3-4,9-10H2,1-2H3,(H,17,18). The summed E-state index contributed by atoms with van der Waals surface area (Å²) in [5, 5.41) is 9.62. The molecule has 18 heavy (non-hydrogen) atoms. The summed E-state index contributed by atoms with van der Waals surface area (Å²) in [6.07, 6.45) is 3.66. The minimum atomic E-state index is -0.678. The van der Waals surface area contributed by atoms with Crippen molar-refractivity contribution >= 4 is 21.9 Å². The molecule has 1 aliphatic carbocycles. The van der Waals surface area contributed by atoms with Crippen molar-refractivity contribution in [1.82, 2.24) is 0 Å². The number of hydrogen-bond donors (Lipinski definition) is 1. The molecule has 1 aromatic carbocycles. The number of halogens is 1. The Balaban J connectivity index is 2.32. The second-order valence-corrected chi connectivity index (χ2v) is 6.37. The topological polar surface area (TPSA) is 37.3 Å². The van der Waals surface area contributed by atoms with Crippen LogP contribution in [0.5, 0.6) is 0 Å². The van der Waals surface area contributed by atoms with Crippen molar-refractivity contribution in [3.63, 3.8) is 0 Å². The third kappa shape index (κ3) is 1.99. The lowest BCUT2D eigenvalue weighted by molar-refractivity contribution is -0.155. The molecule has 0 saturated heterocycles. The average Bonchev–Trinajstić information content (AvgIpc) is 2.31.